The first-order valence-electron chi connectivity index (χ1n) is 12.2. The minimum atomic E-state index is -1.07. The lowest BCUT2D eigenvalue weighted by Gasteiger charge is -2.38. The van der Waals surface area contributed by atoms with Crippen molar-refractivity contribution in [3.63, 3.8) is 0 Å². The van der Waals surface area contributed by atoms with Gasteiger partial charge in [-0.05, 0) is 69.9 Å². The molecular formula is C24H36N4O3. The molecular weight excluding hydrogens is 392 g/mol. The first-order chi connectivity index (χ1) is 15.1. The first-order valence-corrected chi connectivity index (χ1v) is 12.2. The maximum absolute atomic E-state index is 12.2. The second kappa shape index (κ2) is 8.94. The van der Waals surface area contributed by atoms with Crippen LogP contribution < -0.4 is 15.0 Å². The van der Waals surface area contributed by atoms with Crippen LogP contribution in [-0.4, -0.2) is 71.9 Å². The largest absolute Gasteiger partial charge is 0.493 e. The van der Waals surface area contributed by atoms with Gasteiger partial charge in [-0.1, -0.05) is 0 Å². The van der Waals surface area contributed by atoms with Crippen LogP contribution in [0.15, 0.2) is 12.3 Å². The minimum absolute atomic E-state index is 0.134. The summed E-state index contributed by atoms with van der Waals surface area (Å²) in [6.45, 7) is 6.20. The summed E-state index contributed by atoms with van der Waals surface area (Å²) in [7, 11) is 0. The second-order valence-corrected chi connectivity index (χ2v) is 9.90. The molecule has 170 valence electrons. The number of aromatic nitrogens is 1. The normalized spacial score (nSPS) is 27.8. The molecule has 2 aliphatic heterocycles. The van der Waals surface area contributed by atoms with Gasteiger partial charge in [0.2, 0.25) is 0 Å². The van der Waals surface area contributed by atoms with Crippen molar-refractivity contribution in [2.24, 2.45) is 5.92 Å². The molecule has 0 aromatic carbocycles. The highest BCUT2D eigenvalue weighted by Crippen LogP contribution is 2.34. The number of amides is 1. The van der Waals surface area contributed by atoms with Crippen LogP contribution in [0.2, 0.25) is 0 Å². The van der Waals surface area contributed by atoms with Crippen LogP contribution in [0.4, 0.5) is 5.82 Å². The van der Waals surface area contributed by atoms with Crippen LogP contribution in [0.25, 0.3) is 0 Å². The molecule has 1 aromatic rings. The fourth-order valence-electron chi connectivity index (χ4n) is 5.57. The summed E-state index contributed by atoms with van der Waals surface area (Å²) in [6, 6.07) is 2.23. The Morgan fingerprint density at radius 1 is 1.19 bits per heavy atom. The van der Waals surface area contributed by atoms with E-state index in [9.17, 15) is 9.90 Å². The third-order valence-corrected chi connectivity index (χ3v) is 7.91. The lowest BCUT2D eigenvalue weighted by Crippen LogP contribution is -2.54. The zero-order valence-electron chi connectivity index (χ0n) is 18.5. The predicted octanol–water partition coefficient (Wildman–Crippen LogP) is 2.12. The van der Waals surface area contributed by atoms with Crippen molar-refractivity contribution in [2.45, 2.75) is 69.4 Å². The number of pyridine rings is 1. The fourth-order valence-corrected chi connectivity index (χ4v) is 5.57. The topological polar surface area (TPSA) is 77.9 Å². The van der Waals surface area contributed by atoms with E-state index < -0.39 is 5.60 Å². The molecule has 2 N–H and O–H groups in total. The summed E-state index contributed by atoms with van der Waals surface area (Å²) in [6.07, 6.45) is 10.8. The fraction of sp³-hybridized carbons (Fsp3) is 0.750. The molecule has 1 amide bonds. The molecule has 5 rings (SSSR count). The molecule has 31 heavy (non-hydrogen) atoms. The summed E-state index contributed by atoms with van der Waals surface area (Å²) in [5.74, 6) is 2.77. The van der Waals surface area contributed by atoms with Gasteiger partial charge >= 0.3 is 0 Å². The highest BCUT2D eigenvalue weighted by atomic mass is 16.5. The number of hydrogen-bond acceptors (Lipinski definition) is 6. The van der Waals surface area contributed by atoms with Crippen molar-refractivity contribution >= 4 is 11.7 Å². The van der Waals surface area contributed by atoms with E-state index in [0.717, 1.165) is 76.0 Å². The van der Waals surface area contributed by atoms with Crippen molar-refractivity contribution in [2.75, 3.05) is 44.2 Å². The number of carbonyl (C=O) groups is 1. The third kappa shape index (κ3) is 4.53. The number of rotatable bonds is 6. The zero-order valence-corrected chi connectivity index (χ0v) is 18.5. The highest BCUT2D eigenvalue weighted by molar-refractivity contribution is 5.86. The van der Waals surface area contributed by atoms with Gasteiger partial charge in [0.1, 0.15) is 17.2 Å². The Kier molecular flexibility index (Phi) is 6.06. The molecule has 1 saturated heterocycles. The molecule has 0 unspecified atom stereocenters. The van der Waals surface area contributed by atoms with E-state index in [1.807, 2.05) is 12.3 Å². The van der Waals surface area contributed by atoms with Gasteiger partial charge in [-0.2, -0.15) is 0 Å². The molecule has 2 saturated carbocycles. The van der Waals surface area contributed by atoms with Crippen LogP contribution >= 0.6 is 0 Å². The first kappa shape index (κ1) is 21.0. The van der Waals surface area contributed by atoms with E-state index in [4.69, 9.17) is 4.74 Å². The van der Waals surface area contributed by atoms with Gasteiger partial charge in [0.25, 0.3) is 5.91 Å². The number of nitrogens with one attached hydrogen (secondary N) is 1. The number of nitrogens with zero attached hydrogens (tertiary/aromatic N) is 3. The Morgan fingerprint density at radius 3 is 2.68 bits per heavy atom. The van der Waals surface area contributed by atoms with Crippen molar-refractivity contribution < 1.29 is 14.6 Å². The average Bonchev–Trinajstić information content (AvgIpc) is 3.26. The van der Waals surface area contributed by atoms with Gasteiger partial charge in [0.05, 0.1) is 6.61 Å². The van der Waals surface area contributed by atoms with E-state index >= 15 is 0 Å². The number of fused-ring (bicyclic) bond motifs is 1. The number of aliphatic hydroxyl groups is 1. The van der Waals surface area contributed by atoms with Crippen molar-refractivity contribution in [3.8, 4) is 5.75 Å². The molecule has 7 heteroatoms. The number of hydrogen-bond donors (Lipinski definition) is 2. The van der Waals surface area contributed by atoms with Crippen LogP contribution in [0.5, 0.6) is 5.75 Å². The second-order valence-electron chi connectivity index (χ2n) is 9.90. The average molecular weight is 429 g/mol. The van der Waals surface area contributed by atoms with Crippen LogP contribution in [0.1, 0.15) is 56.9 Å². The highest BCUT2D eigenvalue weighted by Gasteiger charge is 2.42. The van der Waals surface area contributed by atoms with Crippen molar-refractivity contribution in [1.82, 2.24) is 15.2 Å². The van der Waals surface area contributed by atoms with E-state index in [-0.39, 0.29) is 11.9 Å². The maximum Gasteiger partial charge on any atom is 0.252 e. The minimum Gasteiger partial charge on any atom is -0.493 e. The Morgan fingerprint density at radius 2 is 1.97 bits per heavy atom. The third-order valence-electron chi connectivity index (χ3n) is 7.91. The standard InChI is InChI=1S/C24H36N4O3/c29-23(24(30)9-1-10-24)26-19-4-2-18(3-5-19)7-12-27-13-15-28(16-14-27)22-20-8-17-31-21(20)6-11-25-22/h6,11,18-19,30H,1-5,7-10,12-17H2,(H,26,29). The number of anilines is 1. The maximum atomic E-state index is 12.2. The smallest absolute Gasteiger partial charge is 0.252 e. The molecule has 2 aliphatic carbocycles. The zero-order chi connectivity index (χ0) is 21.3. The van der Waals surface area contributed by atoms with E-state index in [0.29, 0.717) is 12.8 Å². The Bertz CT molecular complexity index is 781. The monoisotopic (exact) mass is 428 g/mol. The van der Waals surface area contributed by atoms with Crippen LogP contribution in [-0.2, 0) is 11.2 Å². The van der Waals surface area contributed by atoms with E-state index in [2.05, 4.69) is 20.1 Å². The predicted molar refractivity (Wildman–Crippen MR) is 119 cm³/mol. The van der Waals surface area contributed by atoms with Crippen LogP contribution in [0, 0.1) is 5.92 Å². The summed E-state index contributed by atoms with van der Waals surface area (Å²) in [5, 5.41) is 13.3. The molecule has 0 spiro atoms. The number of piperazine rings is 1. The van der Waals surface area contributed by atoms with Crippen LogP contribution in [0.3, 0.4) is 0 Å². The van der Waals surface area contributed by atoms with Gasteiger partial charge in [0, 0.05) is 50.4 Å². The molecule has 7 nitrogen and oxygen atoms in total. The lowest BCUT2D eigenvalue weighted by molar-refractivity contribution is -0.149. The van der Waals surface area contributed by atoms with Gasteiger partial charge < -0.3 is 20.1 Å². The molecule has 4 aliphatic rings. The molecule has 1 aromatic heterocycles. The quantitative estimate of drug-likeness (QED) is 0.723. The van der Waals surface area contributed by atoms with E-state index in [1.165, 1.54) is 31.4 Å². The molecule has 3 fully saturated rings. The summed E-state index contributed by atoms with van der Waals surface area (Å²) < 4.78 is 5.70. The Hall–Kier alpha value is -1.86. The molecule has 0 radical (unpaired) electrons. The van der Waals surface area contributed by atoms with Gasteiger partial charge in [-0.15, -0.1) is 0 Å². The van der Waals surface area contributed by atoms with Gasteiger partial charge in [-0.3, -0.25) is 9.69 Å². The molecule has 0 atom stereocenters. The molecule has 3 heterocycles. The van der Waals surface area contributed by atoms with Gasteiger partial charge in [0.15, 0.2) is 0 Å². The number of carbonyl (C=O) groups excluding carboxylic acids is 1. The number of ether oxygens (including phenoxy) is 1. The SMILES string of the molecule is O=C(NC1CCC(CCN2CCN(c3nccc4c3CCO4)CC2)CC1)C1(O)CCC1. The summed E-state index contributed by atoms with van der Waals surface area (Å²) in [4.78, 5) is 21.9. The van der Waals surface area contributed by atoms with Crippen molar-refractivity contribution in [3.05, 3.63) is 17.8 Å². The van der Waals surface area contributed by atoms with Crippen molar-refractivity contribution in [1.29, 1.82) is 0 Å². The Labute approximate surface area is 185 Å². The van der Waals surface area contributed by atoms with Gasteiger partial charge in [-0.25, -0.2) is 4.98 Å². The Balaban J connectivity index is 1.02. The molecule has 0 bridgehead atoms. The summed E-state index contributed by atoms with van der Waals surface area (Å²) in [5.41, 5.74) is 0.214. The summed E-state index contributed by atoms with van der Waals surface area (Å²) >= 11 is 0. The van der Waals surface area contributed by atoms with E-state index in [1.54, 1.807) is 0 Å². The lowest BCUT2D eigenvalue weighted by atomic mass is 9.78.